The SMILES string of the molecule is Cc1cc(NC(=O)c2ccccc2-c2ccc(C(F)(F)F)cc2)sc1OC(=O)Nc1ccc(-c2ccccc2)cc1. The van der Waals surface area contributed by atoms with E-state index in [1.54, 1.807) is 49.4 Å². The maximum absolute atomic E-state index is 13.1. The molecule has 0 saturated carbocycles. The third-order valence-corrected chi connectivity index (χ3v) is 7.26. The van der Waals surface area contributed by atoms with Crippen molar-refractivity contribution in [2.24, 2.45) is 0 Å². The van der Waals surface area contributed by atoms with Gasteiger partial charge >= 0.3 is 12.3 Å². The Morgan fingerprint density at radius 1 is 0.732 bits per heavy atom. The standard InChI is InChI=1S/C32H23F3N2O3S/c1-20-19-28(37-29(38)27-10-6-5-9-26(27)23-11-15-24(16-12-23)32(33,34)35)41-30(20)40-31(39)36-25-17-13-22(14-18-25)21-7-3-2-4-8-21/h2-19H,1H3,(H,36,39)(H,37,38). The quantitative estimate of drug-likeness (QED) is 0.213. The number of ether oxygens (including phenoxy) is 1. The number of alkyl halides is 3. The van der Waals surface area contributed by atoms with Gasteiger partial charge in [-0.05, 0) is 65.6 Å². The van der Waals surface area contributed by atoms with Crippen LogP contribution in [-0.4, -0.2) is 12.0 Å². The second-order valence-electron chi connectivity index (χ2n) is 9.11. The van der Waals surface area contributed by atoms with E-state index in [0.717, 1.165) is 34.6 Å². The molecule has 0 atom stereocenters. The molecule has 0 fully saturated rings. The van der Waals surface area contributed by atoms with Crippen molar-refractivity contribution >= 4 is 34.0 Å². The smallest absolute Gasteiger partial charge is 0.399 e. The minimum atomic E-state index is -4.45. The van der Waals surface area contributed by atoms with Crippen LogP contribution in [0.4, 0.5) is 28.7 Å². The van der Waals surface area contributed by atoms with Gasteiger partial charge in [-0.1, -0.05) is 84.1 Å². The van der Waals surface area contributed by atoms with Gasteiger partial charge in [-0.2, -0.15) is 13.2 Å². The lowest BCUT2D eigenvalue weighted by Gasteiger charge is -2.11. The number of rotatable bonds is 6. The number of benzene rings is 4. The maximum atomic E-state index is 13.1. The highest BCUT2D eigenvalue weighted by Crippen LogP contribution is 2.36. The molecule has 2 amide bonds. The Morgan fingerprint density at radius 2 is 1.34 bits per heavy atom. The third-order valence-electron chi connectivity index (χ3n) is 6.23. The van der Waals surface area contributed by atoms with Crippen LogP contribution in [0.1, 0.15) is 21.5 Å². The van der Waals surface area contributed by atoms with E-state index < -0.39 is 23.7 Å². The van der Waals surface area contributed by atoms with Crippen molar-refractivity contribution in [2.45, 2.75) is 13.1 Å². The second kappa shape index (κ2) is 11.7. The van der Waals surface area contributed by atoms with E-state index in [0.29, 0.717) is 32.4 Å². The van der Waals surface area contributed by atoms with Crippen molar-refractivity contribution in [2.75, 3.05) is 10.6 Å². The number of anilines is 2. The Morgan fingerprint density at radius 3 is 2.02 bits per heavy atom. The summed E-state index contributed by atoms with van der Waals surface area (Å²) in [6.07, 6.45) is -5.12. The van der Waals surface area contributed by atoms with Gasteiger partial charge in [0.2, 0.25) is 0 Å². The third kappa shape index (κ3) is 6.64. The molecule has 0 aliphatic rings. The van der Waals surface area contributed by atoms with Crippen molar-refractivity contribution in [3.05, 3.63) is 126 Å². The fourth-order valence-corrected chi connectivity index (χ4v) is 5.10. The molecule has 41 heavy (non-hydrogen) atoms. The first-order chi connectivity index (χ1) is 19.7. The van der Waals surface area contributed by atoms with Gasteiger partial charge in [0.15, 0.2) is 5.06 Å². The Labute approximate surface area is 238 Å². The zero-order chi connectivity index (χ0) is 29.0. The highest BCUT2D eigenvalue weighted by atomic mass is 32.1. The average molecular weight is 573 g/mol. The Bertz CT molecular complexity index is 1680. The van der Waals surface area contributed by atoms with Crippen LogP contribution in [0, 0.1) is 6.92 Å². The lowest BCUT2D eigenvalue weighted by molar-refractivity contribution is -0.137. The fourth-order valence-electron chi connectivity index (χ4n) is 4.18. The maximum Gasteiger partial charge on any atom is 0.417 e. The van der Waals surface area contributed by atoms with Gasteiger partial charge in [-0.15, -0.1) is 0 Å². The van der Waals surface area contributed by atoms with Gasteiger partial charge < -0.3 is 10.1 Å². The summed E-state index contributed by atoms with van der Waals surface area (Å²) in [5, 5.41) is 6.26. The normalized spacial score (nSPS) is 11.1. The van der Waals surface area contributed by atoms with Crippen LogP contribution in [0.2, 0.25) is 0 Å². The number of carbonyl (C=O) groups excluding carboxylic acids is 2. The fraction of sp³-hybridized carbons (Fsp3) is 0.0625. The summed E-state index contributed by atoms with van der Waals surface area (Å²) in [4.78, 5) is 25.7. The predicted molar refractivity (Wildman–Crippen MR) is 155 cm³/mol. The van der Waals surface area contributed by atoms with Gasteiger partial charge in [-0.3, -0.25) is 10.1 Å². The number of amides is 2. The molecule has 0 aliphatic carbocycles. The largest absolute Gasteiger partial charge is 0.417 e. The lowest BCUT2D eigenvalue weighted by atomic mass is 9.98. The van der Waals surface area contributed by atoms with Crippen LogP contribution < -0.4 is 15.4 Å². The van der Waals surface area contributed by atoms with Crippen LogP contribution in [0.3, 0.4) is 0 Å². The molecule has 0 bridgehead atoms. The highest BCUT2D eigenvalue weighted by molar-refractivity contribution is 7.18. The molecule has 0 aliphatic heterocycles. The molecule has 0 spiro atoms. The van der Waals surface area contributed by atoms with Crippen molar-refractivity contribution in [3.8, 4) is 27.3 Å². The number of aryl methyl sites for hydroxylation is 1. The topological polar surface area (TPSA) is 67.4 Å². The Kier molecular flexibility index (Phi) is 7.89. The summed E-state index contributed by atoms with van der Waals surface area (Å²) in [6.45, 7) is 1.75. The van der Waals surface area contributed by atoms with Crippen molar-refractivity contribution in [3.63, 3.8) is 0 Å². The molecule has 5 aromatic rings. The number of carbonyl (C=O) groups is 2. The predicted octanol–water partition coefficient (Wildman–Crippen LogP) is 9.27. The summed E-state index contributed by atoms with van der Waals surface area (Å²) in [7, 11) is 0. The molecule has 1 heterocycles. The first-order valence-corrected chi connectivity index (χ1v) is 13.3. The summed E-state index contributed by atoms with van der Waals surface area (Å²) >= 11 is 1.09. The zero-order valence-electron chi connectivity index (χ0n) is 21.7. The molecular formula is C32H23F3N2O3S. The minimum Gasteiger partial charge on any atom is -0.399 e. The van der Waals surface area contributed by atoms with E-state index in [1.807, 2.05) is 42.5 Å². The molecule has 5 rings (SSSR count). The average Bonchev–Trinajstić information content (AvgIpc) is 3.31. The highest BCUT2D eigenvalue weighted by Gasteiger charge is 2.30. The molecule has 9 heteroatoms. The summed E-state index contributed by atoms with van der Waals surface area (Å²) in [5.41, 5.74) is 3.78. The van der Waals surface area contributed by atoms with Gasteiger partial charge in [0.1, 0.15) is 0 Å². The lowest BCUT2D eigenvalue weighted by Crippen LogP contribution is -2.16. The van der Waals surface area contributed by atoms with E-state index in [4.69, 9.17) is 4.74 Å². The molecule has 1 aromatic heterocycles. The van der Waals surface area contributed by atoms with Gasteiger partial charge in [0.25, 0.3) is 5.91 Å². The second-order valence-corrected chi connectivity index (χ2v) is 10.1. The molecule has 2 N–H and O–H groups in total. The van der Waals surface area contributed by atoms with Crippen LogP contribution >= 0.6 is 11.3 Å². The molecule has 0 radical (unpaired) electrons. The summed E-state index contributed by atoms with van der Waals surface area (Å²) < 4.78 is 44.4. The van der Waals surface area contributed by atoms with E-state index >= 15 is 0 Å². The number of nitrogens with one attached hydrogen (secondary N) is 2. The van der Waals surface area contributed by atoms with E-state index in [2.05, 4.69) is 10.6 Å². The van der Waals surface area contributed by atoms with Gasteiger partial charge in [0, 0.05) is 16.8 Å². The van der Waals surface area contributed by atoms with Crippen molar-refractivity contribution in [1.29, 1.82) is 0 Å². The van der Waals surface area contributed by atoms with Crippen molar-refractivity contribution in [1.82, 2.24) is 0 Å². The van der Waals surface area contributed by atoms with Gasteiger partial charge in [-0.25, -0.2) is 4.79 Å². The van der Waals surface area contributed by atoms with Crippen LogP contribution in [0.15, 0.2) is 109 Å². The van der Waals surface area contributed by atoms with E-state index in [-0.39, 0.29) is 5.56 Å². The minimum absolute atomic E-state index is 0.289. The zero-order valence-corrected chi connectivity index (χ0v) is 22.5. The first-order valence-electron chi connectivity index (χ1n) is 12.5. The molecule has 0 unspecified atom stereocenters. The molecule has 0 saturated heterocycles. The number of halogens is 3. The molecule has 5 nitrogen and oxygen atoms in total. The monoisotopic (exact) mass is 572 g/mol. The number of hydrogen-bond donors (Lipinski definition) is 2. The molecular weight excluding hydrogens is 549 g/mol. The van der Waals surface area contributed by atoms with Crippen LogP contribution in [0.5, 0.6) is 5.06 Å². The Balaban J connectivity index is 1.24. The summed E-state index contributed by atoms with van der Waals surface area (Å²) in [5.74, 6) is -0.448. The molecule has 206 valence electrons. The van der Waals surface area contributed by atoms with E-state index in [9.17, 15) is 22.8 Å². The van der Waals surface area contributed by atoms with Crippen LogP contribution in [-0.2, 0) is 6.18 Å². The van der Waals surface area contributed by atoms with E-state index in [1.165, 1.54) is 12.1 Å². The molecule has 4 aromatic carbocycles. The van der Waals surface area contributed by atoms with Crippen molar-refractivity contribution < 1.29 is 27.5 Å². The Hall–Kier alpha value is -4.89. The summed E-state index contributed by atoms with van der Waals surface area (Å²) in [6, 6.07) is 30.2. The number of thiophene rings is 1. The number of hydrogen-bond acceptors (Lipinski definition) is 4. The first kappa shape index (κ1) is 27.7. The van der Waals surface area contributed by atoms with Gasteiger partial charge in [0.05, 0.1) is 10.6 Å². The van der Waals surface area contributed by atoms with Crippen LogP contribution in [0.25, 0.3) is 22.3 Å².